The molecule has 0 saturated heterocycles. The summed E-state index contributed by atoms with van der Waals surface area (Å²) in [5.74, 6) is 0.726. The Morgan fingerprint density at radius 3 is 2.21 bits per heavy atom. The van der Waals surface area contributed by atoms with Gasteiger partial charge in [0.2, 0.25) is 0 Å². The van der Waals surface area contributed by atoms with E-state index in [4.69, 9.17) is 0 Å². The first-order valence-corrected chi connectivity index (χ1v) is 12.1. The number of hydrogen-bond acceptors (Lipinski definition) is 0. The Morgan fingerprint density at radius 1 is 1.03 bits per heavy atom. The first-order chi connectivity index (χ1) is 12.7. The van der Waals surface area contributed by atoms with Crippen molar-refractivity contribution in [2.45, 2.75) is 59.8 Å². The number of benzene rings is 1. The van der Waals surface area contributed by atoms with Gasteiger partial charge in [0.1, 0.15) is 0 Å². The molecule has 0 radical (unpaired) electrons. The zero-order valence-electron chi connectivity index (χ0n) is 18.3. The van der Waals surface area contributed by atoms with Gasteiger partial charge in [0.25, 0.3) is 0 Å². The summed E-state index contributed by atoms with van der Waals surface area (Å²) in [6.07, 6.45) is 16.7. The molecular weight excluding hydrogens is 581 g/mol. The van der Waals surface area contributed by atoms with E-state index in [9.17, 15) is 0 Å². The van der Waals surface area contributed by atoms with E-state index in [0.29, 0.717) is 0 Å². The van der Waals surface area contributed by atoms with Gasteiger partial charge in [-0.1, -0.05) is 66.9 Å². The van der Waals surface area contributed by atoms with Gasteiger partial charge in [-0.3, -0.25) is 6.08 Å². The molecule has 158 valence electrons. The van der Waals surface area contributed by atoms with Gasteiger partial charge in [0, 0.05) is 0 Å². The Hall–Kier alpha value is 0.190. The van der Waals surface area contributed by atoms with E-state index in [2.05, 4.69) is 82.3 Å². The van der Waals surface area contributed by atoms with Gasteiger partial charge in [-0.2, -0.15) is 12.1 Å². The molecule has 0 saturated carbocycles. The molecule has 0 nitrogen and oxygen atoms in total. The van der Waals surface area contributed by atoms with Gasteiger partial charge in [-0.15, -0.1) is 46.8 Å². The van der Waals surface area contributed by atoms with Gasteiger partial charge in [-0.05, 0) is 18.7 Å². The van der Waals surface area contributed by atoms with Crippen LogP contribution < -0.4 is 30.1 Å². The first-order valence-electron chi connectivity index (χ1n) is 10.4. The van der Waals surface area contributed by atoms with Crippen molar-refractivity contribution in [3.05, 3.63) is 60.2 Å². The Labute approximate surface area is 211 Å². The molecule has 3 rings (SSSR count). The molecule has 0 heterocycles. The normalized spacial score (nSPS) is 12.9. The monoisotopic (exact) mass is 616 g/mol. The van der Waals surface area contributed by atoms with Gasteiger partial charge in [0.05, 0.1) is 0 Å². The van der Waals surface area contributed by atoms with Gasteiger partial charge in [0.15, 0.2) is 0 Å². The topological polar surface area (TPSA) is 0 Å². The molecular formula is C25H35Cl2HfP. The number of halogens is 2. The summed E-state index contributed by atoms with van der Waals surface area (Å²) in [5, 5.41) is 4.44. The molecule has 29 heavy (non-hydrogen) atoms. The van der Waals surface area contributed by atoms with Crippen molar-refractivity contribution in [3.63, 3.8) is 0 Å². The van der Waals surface area contributed by atoms with Gasteiger partial charge < -0.3 is 24.8 Å². The Balaban J connectivity index is 0. The van der Waals surface area contributed by atoms with Gasteiger partial charge in [-0.25, -0.2) is 11.6 Å². The summed E-state index contributed by atoms with van der Waals surface area (Å²) >= 11 is 0. The SMILES string of the molecule is CCCC(C)C1=[C-]CC=C1.CCCP(CCC)c1cc2ccccc2[cH-]1.[Cl-].[Cl-].[Hf+4]. The van der Waals surface area contributed by atoms with Crippen LogP contribution in [0.5, 0.6) is 0 Å². The fourth-order valence-corrected chi connectivity index (χ4v) is 6.04. The molecule has 1 aliphatic carbocycles. The Bertz CT molecular complexity index is 681. The quantitative estimate of drug-likeness (QED) is 0.241. The molecule has 2 aromatic rings. The average Bonchev–Trinajstić information content (AvgIpc) is 3.32. The maximum Gasteiger partial charge on any atom is 4.00 e. The summed E-state index contributed by atoms with van der Waals surface area (Å²) in [4.78, 5) is 0. The molecule has 1 unspecified atom stereocenters. The second-order valence-corrected chi connectivity index (χ2v) is 9.75. The summed E-state index contributed by atoms with van der Waals surface area (Å²) in [6.45, 7) is 9.11. The number of rotatable bonds is 8. The van der Waals surface area contributed by atoms with Crippen molar-refractivity contribution in [2.75, 3.05) is 12.3 Å². The second-order valence-electron chi connectivity index (χ2n) is 7.26. The van der Waals surface area contributed by atoms with E-state index in [1.54, 1.807) is 5.30 Å². The molecule has 0 bridgehead atoms. The zero-order chi connectivity index (χ0) is 18.8. The molecule has 1 aliphatic rings. The molecule has 0 fully saturated rings. The van der Waals surface area contributed by atoms with Crippen molar-refractivity contribution in [1.82, 2.24) is 0 Å². The van der Waals surface area contributed by atoms with Crippen molar-refractivity contribution in [1.29, 1.82) is 0 Å². The minimum atomic E-state index is 0. The van der Waals surface area contributed by atoms with Crippen molar-refractivity contribution in [3.8, 4) is 0 Å². The van der Waals surface area contributed by atoms with E-state index in [-0.39, 0.29) is 58.6 Å². The third-order valence-corrected chi connectivity index (χ3v) is 7.89. The molecule has 0 spiro atoms. The Kier molecular flexibility index (Phi) is 19.3. The fraction of sp³-hybridized carbons (Fsp3) is 0.480. The molecule has 1 atom stereocenters. The van der Waals surface area contributed by atoms with Crippen molar-refractivity contribution < 1.29 is 50.7 Å². The molecule has 0 amide bonds. The number of fused-ring (bicyclic) bond motifs is 1. The predicted molar refractivity (Wildman–Crippen MR) is 121 cm³/mol. The molecule has 0 aromatic heterocycles. The molecule has 0 aliphatic heterocycles. The van der Waals surface area contributed by atoms with Crippen LogP contribution in [0.1, 0.15) is 59.8 Å². The average molecular weight is 616 g/mol. The van der Waals surface area contributed by atoms with Crippen molar-refractivity contribution >= 4 is 24.0 Å². The molecule has 2 aromatic carbocycles. The minimum absolute atomic E-state index is 0. The van der Waals surface area contributed by atoms with Crippen LogP contribution in [0.4, 0.5) is 0 Å². The van der Waals surface area contributed by atoms with Crippen LogP contribution in [0, 0.1) is 12.0 Å². The van der Waals surface area contributed by atoms with E-state index >= 15 is 0 Å². The zero-order valence-corrected chi connectivity index (χ0v) is 24.3. The molecule has 0 N–H and O–H groups in total. The summed E-state index contributed by atoms with van der Waals surface area (Å²) < 4.78 is 0. The van der Waals surface area contributed by atoms with Crippen LogP contribution in [0.25, 0.3) is 10.8 Å². The maximum atomic E-state index is 3.35. The number of hydrogen-bond donors (Lipinski definition) is 0. The Morgan fingerprint density at radius 2 is 1.69 bits per heavy atom. The van der Waals surface area contributed by atoms with E-state index < -0.39 is 0 Å². The number of allylic oxidation sites excluding steroid dienone is 4. The largest absolute Gasteiger partial charge is 4.00 e. The summed E-state index contributed by atoms with van der Waals surface area (Å²) in [7, 11) is 0.0972. The minimum Gasteiger partial charge on any atom is -1.00 e. The third-order valence-electron chi connectivity index (χ3n) is 4.93. The van der Waals surface area contributed by atoms with E-state index in [0.717, 1.165) is 12.3 Å². The first kappa shape index (κ1) is 31.4. The van der Waals surface area contributed by atoms with E-state index in [1.165, 1.54) is 54.4 Å². The smallest absolute Gasteiger partial charge is 1.00 e. The fourth-order valence-electron chi connectivity index (χ4n) is 3.58. The summed E-state index contributed by atoms with van der Waals surface area (Å²) in [5.41, 5.74) is 1.42. The standard InChI is InChI=1S/C15H20P.C10H15.2ClH.Hf/c1-3-9-16(10-4-2)15-11-13-7-5-6-8-14(13)12-15;1-3-6-9(2)10-7-4-5-8-10;;;/h5-8,11-12H,3-4,9-10H2,1-2H3;4,7,9H,3,5-6H2,1-2H3;2*1H;/q2*-1;;;+4/p-2. The third kappa shape index (κ3) is 10.4. The van der Waals surface area contributed by atoms with Crippen LogP contribution in [0.3, 0.4) is 0 Å². The van der Waals surface area contributed by atoms with Crippen LogP contribution in [0.15, 0.2) is 54.1 Å². The second kappa shape index (κ2) is 17.8. The van der Waals surface area contributed by atoms with Crippen LogP contribution in [-0.4, -0.2) is 12.3 Å². The summed E-state index contributed by atoms with van der Waals surface area (Å²) in [6, 6.07) is 13.5. The predicted octanol–water partition coefficient (Wildman–Crippen LogP) is 1.60. The van der Waals surface area contributed by atoms with Crippen LogP contribution >= 0.6 is 7.92 Å². The van der Waals surface area contributed by atoms with Crippen molar-refractivity contribution in [2.24, 2.45) is 5.92 Å². The van der Waals surface area contributed by atoms with E-state index in [1.807, 2.05) is 0 Å². The van der Waals surface area contributed by atoms with Crippen LogP contribution in [0.2, 0.25) is 0 Å². The van der Waals surface area contributed by atoms with Gasteiger partial charge >= 0.3 is 25.8 Å². The van der Waals surface area contributed by atoms with Crippen LogP contribution in [-0.2, 0) is 25.8 Å². The maximum absolute atomic E-state index is 3.35. The molecule has 4 heteroatoms.